The molecular weight excluding hydrogens is 360 g/mol. The van der Waals surface area contributed by atoms with Crippen LogP contribution < -0.4 is 0 Å². The predicted octanol–water partition coefficient (Wildman–Crippen LogP) is 2.67. The van der Waals surface area contributed by atoms with Crippen LogP contribution in [-0.4, -0.2) is 41.5 Å². The van der Waals surface area contributed by atoms with Crippen LogP contribution in [0.3, 0.4) is 0 Å². The molecule has 2 aliphatic heterocycles. The molecule has 0 aromatic carbocycles. The molecule has 6 rings (SSSR count). The average Bonchev–Trinajstić information content (AvgIpc) is 2.82. The van der Waals surface area contributed by atoms with E-state index in [4.69, 9.17) is 9.47 Å². The first-order chi connectivity index (χ1) is 13.1. The molecule has 2 saturated heterocycles. The van der Waals surface area contributed by atoms with Gasteiger partial charge < -0.3 is 14.6 Å². The van der Waals surface area contributed by atoms with Gasteiger partial charge in [0, 0.05) is 18.8 Å². The van der Waals surface area contributed by atoms with Crippen molar-refractivity contribution in [2.75, 3.05) is 6.61 Å². The Morgan fingerprint density at radius 1 is 1.29 bits per heavy atom. The van der Waals surface area contributed by atoms with Crippen LogP contribution >= 0.6 is 0 Å². The molecule has 0 amide bonds. The summed E-state index contributed by atoms with van der Waals surface area (Å²) in [6.07, 6.45) is 1.06. The maximum Gasteiger partial charge on any atom is 0.303 e. The van der Waals surface area contributed by atoms with E-state index in [9.17, 15) is 19.5 Å². The van der Waals surface area contributed by atoms with E-state index in [0.29, 0.717) is 18.4 Å². The number of allylic oxidation sites excluding steroid dienone is 1. The molecule has 4 bridgehead atoms. The van der Waals surface area contributed by atoms with E-state index in [2.05, 4.69) is 6.58 Å². The molecule has 1 N–H and O–H groups in total. The fourth-order valence-electron chi connectivity index (χ4n) is 7.28. The Labute approximate surface area is 164 Å². The molecule has 6 nitrogen and oxygen atoms in total. The number of aliphatic hydroxyl groups is 1. The van der Waals surface area contributed by atoms with Gasteiger partial charge in [0.05, 0.1) is 23.5 Å². The summed E-state index contributed by atoms with van der Waals surface area (Å²) in [5.74, 6) is -1.44. The molecule has 5 fully saturated rings. The molecule has 3 saturated carbocycles. The summed E-state index contributed by atoms with van der Waals surface area (Å²) in [4.78, 5) is 39.0. The highest BCUT2D eigenvalue weighted by Gasteiger charge is 2.76. The molecule has 28 heavy (non-hydrogen) atoms. The molecule has 0 radical (unpaired) electrons. The first-order valence-corrected chi connectivity index (χ1v) is 10.1. The maximum absolute atomic E-state index is 13.7. The predicted molar refractivity (Wildman–Crippen MR) is 98.2 cm³/mol. The monoisotopic (exact) mass is 386 g/mol. The fourth-order valence-corrected chi connectivity index (χ4v) is 7.28. The maximum atomic E-state index is 13.7. The lowest BCUT2D eigenvalue weighted by atomic mass is 9.41. The van der Waals surface area contributed by atoms with Crippen LogP contribution in [0.25, 0.3) is 0 Å². The number of esters is 1. The van der Waals surface area contributed by atoms with E-state index in [-0.39, 0.29) is 48.3 Å². The summed E-state index contributed by atoms with van der Waals surface area (Å²) in [5.41, 5.74) is -1.47. The second-order valence-corrected chi connectivity index (χ2v) is 9.81. The van der Waals surface area contributed by atoms with Crippen LogP contribution in [0.1, 0.15) is 46.5 Å². The topological polar surface area (TPSA) is 89.9 Å². The summed E-state index contributed by atoms with van der Waals surface area (Å²) < 4.78 is 11.7. The Morgan fingerprint density at radius 2 is 2.00 bits per heavy atom. The molecule has 2 unspecified atom stereocenters. The zero-order valence-electron chi connectivity index (χ0n) is 16.5. The van der Waals surface area contributed by atoms with E-state index >= 15 is 0 Å². The third-order valence-corrected chi connectivity index (χ3v) is 8.37. The van der Waals surface area contributed by atoms with E-state index in [1.54, 1.807) is 0 Å². The number of hydrogen-bond acceptors (Lipinski definition) is 6. The SMILES string of the molecule is C=C1[C@H]2CC[C@H]3C45CO[C@@H](CC4=O)C(C)(C)C5=C(O)C(=O)C3(C2)[C@@H]1OC(C)=O. The first kappa shape index (κ1) is 18.1. The Bertz CT molecular complexity index is 881. The first-order valence-electron chi connectivity index (χ1n) is 10.1. The van der Waals surface area contributed by atoms with Crippen LogP contribution in [0.5, 0.6) is 0 Å². The quantitative estimate of drug-likeness (QED) is 0.550. The van der Waals surface area contributed by atoms with Gasteiger partial charge in [-0.15, -0.1) is 0 Å². The largest absolute Gasteiger partial charge is 0.504 e. The molecule has 6 aliphatic rings. The minimum absolute atomic E-state index is 0.0408. The van der Waals surface area contributed by atoms with Crippen molar-refractivity contribution in [1.29, 1.82) is 0 Å². The van der Waals surface area contributed by atoms with Crippen molar-refractivity contribution in [2.45, 2.75) is 58.7 Å². The Kier molecular flexibility index (Phi) is 3.33. The highest BCUT2D eigenvalue weighted by Crippen LogP contribution is 2.71. The number of carbonyl (C=O) groups excluding carboxylic acids is 3. The fraction of sp³-hybridized carbons (Fsp3) is 0.682. The lowest BCUT2D eigenvalue weighted by Gasteiger charge is -2.63. The Balaban J connectivity index is 1.80. The van der Waals surface area contributed by atoms with Crippen LogP contribution in [0.4, 0.5) is 0 Å². The number of Topliss-reactive ketones (excluding diaryl/α,β-unsaturated/α-hetero) is 2. The van der Waals surface area contributed by atoms with Crippen molar-refractivity contribution in [3.8, 4) is 0 Å². The number of ketones is 2. The van der Waals surface area contributed by atoms with E-state index in [0.717, 1.165) is 12.0 Å². The third-order valence-electron chi connectivity index (χ3n) is 8.37. The average molecular weight is 386 g/mol. The summed E-state index contributed by atoms with van der Waals surface area (Å²) in [6.45, 7) is 9.53. The van der Waals surface area contributed by atoms with E-state index in [1.165, 1.54) is 6.92 Å². The summed E-state index contributed by atoms with van der Waals surface area (Å²) in [7, 11) is 0. The standard InChI is InChI=1S/C22H26O6/c1-10-12-5-6-13-21(8-12,19(10)28-11(2)23)18(26)16(25)17-20(3,4)15-7-14(24)22(13,17)9-27-15/h12-13,15,19,25H,1,5-9H2,2-4H3/t12-,13+,15-,19+,21?,22?/m0/s1. The number of rotatable bonds is 1. The van der Waals surface area contributed by atoms with Gasteiger partial charge >= 0.3 is 5.97 Å². The molecule has 0 aromatic rings. The van der Waals surface area contributed by atoms with Gasteiger partial charge in [0.2, 0.25) is 5.78 Å². The van der Waals surface area contributed by atoms with Crippen molar-refractivity contribution in [3.63, 3.8) is 0 Å². The second-order valence-electron chi connectivity index (χ2n) is 9.81. The number of fused-ring (bicyclic) bond motifs is 3. The van der Waals surface area contributed by atoms with Crippen molar-refractivity contribution >= 4 is 17.5 Å². The summed E-state index contributed by atoms with van der Waals surface area (Å²) in [5, 5.41) is 11.2. The number of aliphatic hydroxyl groups excluding tert-OH is 1. The molecule has 4 aliphatic carbocycles. The third kappa shape index (κ3) is 1.73. The Hall–Kier alpha value is -1.95. The van der Waals surface area contributed by atoms with E-state index < -0.39 is 28.3 Å². The van der Waals surface area contributed by atoms with Crippen molar-refractivity contribution in [3.05, 3.63) is 23.5 Å². The molecule has 150 valence electrons. The van der Waals surface area contributed by atoms with Gasteiger partial charge in [0.1, 0.15) is 11.9 Å². The van der Waals surface area contributed by atoms with E-state index in [1.807, 2.05) is 13.8 Å². The Morgan fingerprint density at radius 3 is 2.64 bits per heavy atom. The lowest BCUT2D eigenvalue weighted by molar-refractivity contribution is -0.201. The van der Waals surface area contributed by atoms with Crippen LogP contribution in [0.15, 0.2) is 23.5 Å². The number of ether oxygens (including phenoxy) is 2. The number of hydrogen-bond donors (Lipinski definition) is 1. The van der Waals surface area contributed by atoms with Gasteiger partial charge in [-0.1, -0.05) is 20.4 Å². The summed E-state index contributed by atoms with van der Waals surface area (Å²) >= 11 is 0. The molecule has 2 spiro atoms. The van der Waals surface area contributed by atoms with Gasteiger partial charge in [0.25, 0.3) is 0 Å². The molecule has 2 heterocycles. The zero-order valence-corrected chi connectivity index (χ0v) is 16.5. The normalized spacial score (nSPS) is 45.8. The highest BCUT2D eigenvalue weighted by molar-refractivity contribution is 6.06. The van der Waals surface area contributed by atoms with Crippen LogP contribution in [0, 0.1) is 28.1 Å². The van der Waals surface area contributed by atoms with Gasteiger partial charge in [-0.2, -0.15) is 0 Å². The molecule has 6 atom stereocenters. The van der Waals surface area contributed by atoms with Crippen LogP contribution in [0.2, 0.25) is 0 Å². The van der Waals surface area contributed by atoms with Crippen LogP contribution in [-0.2, 0) is 23.9 Å². The zero-order chi connectivity index (χ0) is 20.2. The summed E-state index contributed by atoms with van der Waals surface area (Å²) in [6, 6.07) is 0. The lowest BCUT2D eigenvalue weighted by Crippen LogP contribution is -2.70. The van der Waals surface area contributed by atoms with Crippen molar-refractivity contribution < 1.29 is 29.0 Å². The van der Waals surface area contributed by atoms with Gasteiger partial charge in [-0.05, 0) is 42.2 Å². The minimum Gasteiger partial charge on any atom is -0.504 e. The molecule has 0 aromatic heterocycles. The molecular formula is C22H26O6. The number of carbonyl (C=O) groups is 3. The smallest absolute Gasteiger partial charge is 0.303 e. The molecule has 6 heteroatoms. The van der Waals surface area contributed by atoms with Gasteiger partial charge in [0.15, 0.2) is 5.76 Å². The van der Waals surface area contributed by atoms with Gasteiger partial charge in [-0.3, -0.25) is 14.4 Å². The highest BCUT2D eigenvalue weighted by atomic mass is 16.5. The second kappa shape index (κ2) is 5.15. The van der Waals surface area contributed by atoms with Gasteiger partial charge in [-0.25, -0.2) is 0 Å². The van der Waals surface area contributed by atoms with Crippen molar-refractivity contribution in [1.82, 2.24) is 0 Å². The minimum atomic E-state index is -1.13. The van der Waals surface area contributed by atoms with Crippen molar-refractivity contribution in [2.24, 2.45) is 28.1 Å².